The molecule has 0 saturated carbocycles. The van der Waals surface area contributed by atoms with Crippen molar-refractivity contribution < 1.29 is 4.74 Å². The van der Waals surface area contributed by atoms with Gasteiger partial charge in [-0.25, -0.2) is 0 Å². The Balaban J connectivity index is 2.06. The molecule has 0 bridgehead atoms. The van der Waals surface area contributed by atoms with Gasteiger partial charge in [-0.1, -0.05) is 29.8 Å². The van der Waals surface area contributed by atoms with Gasteiger partial charge >= 0.3 is 0 Å². The van der Waals surface area contributed by atoms with Crippen molar-refractivity contribution in [2.45, 2.75) is 26.8 Å². The minimum atomic E-state index is 0.0552. The summed E-state index contributed by atoms with van der Waals surface area (Å²) in [7, 11) is 1.68. The van der Waals surface area contributed by atoms with Crippen molar-refractivity contribution in [2.75, 3.05) is 12.4 Å². The standard InChI is InChI=1S/C18H22N2OS/c1-12-6-5-7-15(10-12)20-18(22)19-14(3)16-11-13(2)8-9-17(16)21-4/h5-11,14H,1-4H3,(H2,19,20,22)/t14-/m0/s1. The van der Waals surface area contributed by atoms with Crippen LogP contribution in [0.4, 0.5) is 5.69 Å². The predicted octanol–water partition coefficient (Wildman–Crippen LogP) is 4.36. The Hall–Kier alpha value is -2.07. The fraction of sp³-hybridized carbons (Fsp3) is 0.278. The van der Waals surface area contributed by atoms with E-state index >= 15 is 0 Å². The maximum absolute atomic E-state index is 5.43. The molecular weight excluding hydrogens is 292 g/mol. The summed E-state index contributed by atoms with van der Waals surface area (Å²) in [4.78, 5) is 0. The summed E-state index contributed by atoms with van der Waals surface area (Å²) in [6.45, 7) is 6.20. The number of thiocarbonyl (C=S) groups is 1. The zero-order valence-corrected chi connectivity index (χ0v) is 14.3. The minimum absolute atomic E-state index is 0.0552. The molecule has 0 radical (unpaired) electrons. The van der Waals surface area contributed by atoms with Gasteiger partial charge in [0.15, 0.2) is 5.11 Å². The Kier molecular flexibility index (Phi) is 5.39. The molecule has 0 fully saturated rings. The molecule has 0 aromatic heterocycles. The van der Waals surface area contributed by atoms with Gasteiger partial charge in [-0.2, -0.15) is 0 Å². The Morgan fingerprint density at radius 3 is 2.50 bits per heavy atom. The van der Waals surface area contributed by atoms with Crippen molar-refractivity contribution in [3.8, 4) is 5.75 Å². The average Bonchev–Trinajstić information content (AvgIpc) is 2.47. The first-order chi connectivity index (χ1) is 10.5. The van der Waals surface area contributed by atoms with Gasteiger partial charge in [-0.3, -0.25) is 0 Å². The first kappa shape index (κ1) is 16.3. The second-order valence-electron chi connectivity index (χ2n) is 5.44. The van der Waals surface area contributed by atoms with Gasteiger partial charge in [0.2, 0.25) is 0 Å². The topological polar surface area (TPSA) is 33.3 Å². The molecule has 0 amide bonds. The van der Waals surface area contributed by atoms with Gasteiger partial charge in [0.25, 0.3) is 0 Å². The highest BCUT2D eigenvalue weighted by Crippen LogP contribution is 2.26. The zero-order valence-electron chi connectivity index (χ0n) is 13.4. The van der Waals surface area contributed by atoms with E-state index < -0.39 is 0 Å². The quantitative estimate of drug-likeness (QED) is 0.822. The van der Waals surface area contributed by atoms with Crippen LogP contribution in [0.5, 0.6) is 5.75 Å². The number of rotatable bonds is 4. The molecule has 2 aromatic carbocycles. The second-order valence-corrected chi connectivity index (χ2v) is 5.84. The molecule has 0 aliphatic carbocycles. The van der Waals surface area contributed by atoms with Crippen molar-refractivity contribution in [3.63, 3.8) is 0 Å². The van der Waals surface area contributed by atoms with Crippen molar-refractivity contribution in [3.05, 3.63) is 59.2 Å². The first-order valence-corrected chi connectivity index (χ1v) is 7.69. The smallest absolute Gasteiger partial charge is 0.171 e. The van der Waals surface area contributed by atoms with E-state index in [2.05, 4.69) is 49.6 Å². The van der Waals surface area contributed by atoms with Crippen molar-refractivity contribution in [1.29, 1.82) is 0 Å². The lowest BCUT2D eigenvalue weighted by atomic mass is 10.0. The summed E-state index contributed by atoms with van der Waals surface area (Å²) in [6, 6.07) is 14.3. The Morgan fingerprint density at radius 1 is 1.09 bits per heavy atom. The lowest BCUT2D eigenvalue weighted by Gasteiger charge is -2.20. The SMILES string of the molecule is COc1ccc(C)cc1[C@H](C)NC(=S)Nc1cccc(C)c1. The van der Waals surface area contributed by atoms with Gasteiger partial charge in [0.05, 0.1) is 13.2 Å². The molecule has 0 aliphatic rings. The van der Waals surface area contributed by atoms with Crippen LogP contribution in [0.2, 0.25) is 0 Å². The van der Waals surface area contributed by atoms with Crippen LogP contribution in [0.15, 0.2) is 42.5 Å². The zero-order chi connectivity index (χ0) is 16.1. The third-order valence-electron chi connectivity index (χ3n) is 3.48. The summed E-state index contributed by atoms with van der Waals surface area (Å²) < 4.78 is 5.43. The molecule has 0 spiro atoms. The van der Waals surface area contributed by atoms with Crippen LogP contribution in [-0.2, 0) is 0 Å². The van der Waals surface area contributed by atoms with E-state index in [0.29, 0.717) is 5.11 Å². The Labute approximate surface area is 137 Å². The molecular formula is C18H22N2OS. The summed E-state index contributed by atoms with van der Waals surface area (Å²) in [5, 5.41) is 7.12. The highest BCUT2D eigenvalue weighted by molar-refractivity contribution is 7.80. The summed E-state index contributed by atoms with van der Waals surface area (Å²) >= 11 is 5.40. The molecule has 2 N–H and O–H groups in total. The Bertz CT molecular complexity index is 670. The maximum Gasteiger partial charge on any atom is 0.171 e. The van der Waals surface area contributed by atoms with E-state index in [1.807, 2.05) is 24.3 Å². The van der Waals surface area contributed by atoms with Crippen molar-refractivity contribution in [1.82, 2.24) is 5.32 Å². The van der Waals surface area contributed by atoms with Gasteiger partial charge < -0.3 is 15.4 Å². The predicted molar refractivity (Wildman–Crippen MR) is 96.7 cm³/mol. The van der Waals surface area contributed by atoms with E-state index in [9.17, 15) is 0 Å². The second kappa shape index (κ2) is 7.27. The van der Waals surface area contributed by atoms with E-state index in [4.69, 9.17) is 17.0 Å². The minimum Gasteiger partial charge on any atom is -0.496 e. The molecule has 22 heavy (non-hydrogen) atoms. The number of nitrogens with one attached hydrogen (secondary N) is 2. The third-order valence-corrected chi connectivity index (χ3v) is 3.70. The van der Waals surface area contributed by atoms with E-state index in [1.54, 1.807) is 7.11 Å². The summed E-state index contributed by atoms with van der Waals surface area (Å²) in [6.07, 6.45) is 0. The highest BCUT2D eigenvalue weighted by atomic mass is 32.1. The molecule has 0 unspecified atom stereocenters. The highest BCUT2D eigenvalue weighted by Gasteiger charge is 2.12. The monoisotopic (exact) mass is 314 g/mol. The molecule has 3 nitrogen and oxygen atoms in total. The van der Waals surface area contributed by atoms with Gasteiger partial charge in [-0.05, 0) is 56.8 Å². The maximum atomic E-state index is 5.43. The fourth-order valence-electron chi connectivity index (χ4n) is 2.36. The van der Waals surface area contributed by atoms with E-state index in [1.165, 1.54) is 11.1 Å². The lowest BCUT2D eigenvalue weighted by Crippen LogP contribution is -2.31. The number of hydrogen-bond acceptors (Lipinski definition) is 2. The fourth-order valence-corrected chi connectivity index (χ4v) is 2.65. The number of anilines is 1. The summed E-state index contributed by atoms with van der Waals surface area (Å²) in [5.74, 6) is 0.865. The van der Waals surface area contributed by atoms with Gasteiger partial charge in [0, 0.05) is 11.3 Å². The van der Waals surface area contributed by atoms with E-state index in [0.717, 1.165) is 17.0 Å². The number of ether oxygens (including phenoxy) is 1. The van der Waals surface area contributed by atoms with Crippen LogP contribution >= 0.6 is 12.2 Å². The van der Waals surface area contributed by atoms with Crippen LogP contribution in [0.3, 0.4) is 0 Å². The normalized spacial score (nSPS) is 11.6. The molecule has 0 aliphatic heterocycles. The number of benzene rings is 2. The number of methoxy groups -OCH3 is 1. The number of aryl methyl sites for hydroxylation is 2. The number of hydrogen-bond donors (Lipinski definition) is 2. The molecule has 4 heteroatoms. The lowest BCUT2D eigenvalue weighted by molar-refractivity contribution is 0.405. The van der Waals surface area contributed by atoms with Crippen molar-refractivity contribution in [2.24, 2.45) is 0 Å². The Morgan fingerprint density at radius 2 is 1.82 bits per heavy atom. The summed E-state index contributed by atoms with van der Waals surface area (Å²) in [5.41, 5.74) is 4.47. The van der Waals surface area contributed by atoms with E-state index in [-0.39, 0.29) is 6.04 Å². The molecule has 2 aromatic rings. The van der Waals surface area contributed by atoms with Crippen LogP contribution in [-0.4, -0.2) is 12.2 Å². The van der Waals surface area contributed by atoms with Crippen molar-refractivity contribution >= 4 is 23.0 Å². The molecule has 0 heterocycles. The van der Waals surface area contributed by atoms with Crippen LogP contribution in [0.25, 0.3) is 0 Å². The van der Waals surface area contributed by atoms with Crippen LogP contribution < -0.4 is 15.4 Å². The molecule has 1 atom stereocenters. The molecule has 2 rings (SSSR count). The van der Waals surface area contributed by atoms with Crippen LogP contribution in [0, 0.1) is 13.8 Å². The first-order valence-electron chi connectivity index (χ1n) is 7.28. The molecule has 0 saturated heterocycles. The van der Waals surface area contributed by atoms with Gasteiger partial charge in [0.1, 0.15) is 5.75 Å². The third kappa shape index (κ3) is 4.21. The molecule has 116 valence electrons. The average molecular weight is 314 g/mol. The van der Waals surface area contributed by atoms with Crippen LogP contribution in [0.1, 0.15) is 29.7 Å². The van der Waals surface area contributed by atoms with Gasteiger partial charge in [-0.15, -0.1) is 0 Å². The largest absolute Gasteiger partial charge is 0.496 e.